The lowest BCUT2D eigenvalue weighted by Gasteiger charge is -2.15. The summed E-state index contributed by atoms with van der Waals surface area (Å²) >= 11 is 5.84. The van der Waals surface area contributed by atoms with Gasteiger partial charge in [0.15, 0.2) is 0 Å². The Morgan fingerprint density at radius 1 is 1.21 bits per heavy atom. The maximum absolute atomic E-state index is 12.8. The van der Waals surface area contributed by atoms with E-state index in [1.54, 1.807) is 24.3 Å². The molecule has 0 spiro atoms. The molecule has 2 nitrogen and oxygen atoms in total. The normalized spacial score (nSPS) is 12.4. The molecule has 1 atom stereocenters. The minimum absolute atomic E-state index is 0.0546. The summed E-state index contributed by atoms with van der Waals surface area (Å²) in [6.45, 7) is 2.47. The van der Waals surface area contributed by atoms with Gasteiger partial charge in [-0.2, -0.15) is 0 Å². The molecule has 0 aromatic heterocycles. The zero-order valence-electron chi connectivity index (χ0n) is 10.5. The van der Waals surface area contributed by atoms with E-state index in [1.807, 2.05) is 13.0 Å². The van der Waals surface area contributed by atoms with Crippen LogP contribution in [0.2, 0.25) is 5.02 Å². The molecule has 19 heavy (non-hydrogen) atoms. The molecule has 2 aromatic carbocycles. The SMILES string of the molecule is CC(NCc1cccc(Cl)c1O)c1ccc(F)cc1. The van der Waals surface area contributed by atoms with E-state index in [1.165, 1.54) is 12.1 Å². The lowest BCUT2D eigenvalue weighted by Crippen LogP contribution is -2.18. The van der Waals surface area contributed by atoms with E-state index < -0.39 is 0 Å². The van der Waals surface area contributed by atoms with Crippen molar-refractivity contribution in [2.45, 2.75) is 19.5 Å². The first kappa shape index (κ1) is 13.8. The van der Waals surface area contributed by atoms with Gasteiger partial charge in [0.1, 0.15) is 11.6 Å². The quantitative estimate of drug-likeness (QED) is 0.885. The zero-order valence-corrected chi connectivity index (χ0v) is 11.3. The van der Waals surface area contributed by atoms with Crippen LogP contribution in [0.5, 0.6) is 5.75 Å². The third-order valence-corrected chi connectivity index (χ3v) is 3.34. The molecule has 4 heteroatoms. The van der Waals surface area contributed by atoms with Gasteiger partial charge in [0.2, 0.25) is 0 Å². The first-order chi connectivity index (χ1) is 9.08. The molecule has 2 N–H and O–H groups in total. The molecule has 100 valence electrons. The molecule has 0 saturated carbocycles. The topological polar surface area (TPSA) is 32.3 Å². The van der Waals surface area contributed by atoms with E-state index in [4.69, 9.17) is 11.6 Å². The van der Waals surface area contributed by atoms with E-state index in [-0.39, 0.29) is 17.6 Å². The number of aromatic hydroxyl groups is 1. The van der Waals surface area contributed by atoms with Crippen LogP contribution >= 0.6 is 11.6 Å². The fourth-order valence-corrected chi connectivity index (χ4v) is 2.03. The van der Waals surface area contributed by atoms with Crippen molar-refractivity contribution in [2.24, 2.45) is 0 Å². The number of nitrogens with one attached hydrogen (secondary N) is 1. The van der Waals surface area contributed by atoms with E-state index in [0.717, 1.165) is 11.1 Å². The van der Waals surface area contributed by atoms with E-state index in [9.17, 15) is 9.50 Å². The Bertz CT molecular complexity index is 557. The number of hydrogen-bond acceptors (Lipinski definition) is 2. The van der Waals surface area contributed by atoms with E-state index >= 15 is 0 Å². The number of benzene rings is 2. The molecule has 0 saturated heterocycles. The molecule has 1 unspecified atom stereocenters. The number of para-hydroxylation sites is 1. The molecule has 0 fully saturated rings. The van der Waals surface area contributed by atoms with Crippen molar-refractivity contribution in [3.8, 4) is 5.75 Å². The number of halogens is 2. The van der Waals surface area contributed by atoms with E-state index in [0.29, 0.717) is 11.6 Å². The highest BCUT2D eigenvalue weighted by atomic mass is 35.5. The van der Waals surface area contributed by atoms with Crippen LogP contribution in [0.15, 0.2) is 42.5 Å². The molecule has 2 aromatic rings. The Balaban J connectivity index is 2.02. The first-order valence-corrected chi connectivity index (χ1v) is 6.41. The van der Waals surface area contributed by atoms with Gasteiger partial charge in [0, 0.05) is 18.2 Å². The van der Waals surface area contributed by atoms with Crippen molar-refractivity contribution in [1.82, 2.24) is 5.32 Å². The lowest BCUT2D eigenvalue weighted by atomic mass is 10.1. The molecule has 0 bridgehead atoms. The second-order valence-electron chi connectivity index (χ2n) is 4.40. The zero-order chi connectivity index (χ0) is 13.8. The highest BCUT2D eigenvalue weighted by molar-refractivity contribution is 6.32. The predicted octanol–water partition coefficient (Wildman–Crippen LogP) is 4.04. The second-order valence-corrected chi connectivity index (χ2v) is 4.81. The highest BCUT2D eigenvalue weighted by Crippen LogP contribution is 2.27. The standard InChI is InChI=1S/C15H15ClFNO/c1-10(11-5-7-13(17)8-6-11)18-9-12-3-2-4-14(16)15(12)19/h2-8,10,18-19H,9H2,1H3. The fourth-order valence-electron chi connectivity index (χ4n) is 1.84. The molecule has 0 aliphatic rings. The van der Waals surface area contributed by atoms with Crippen LogP contribution in [0.3, 0.4) is 0 Å². The average Bonchev–Trinajstić information content (AvgIpc) is 2.41. The summed E-state index contributed by atoms with van der Waals surface area (Å²) in [5.74, 6) is -0.147. The number of rotatable bonds is 4. The van der Waals surface area contributed by atoms with Crippen molar-refractivity contribution in [2.75, 3.05) is 0 Å². The summed E-state index contributed by atoms with van der Waals surface area (Å²) in [6, 6.07) is 11.7. The Morgan fingerprint density at radius 3 is 2.58 bits per heavy atom. The smallest absolute Gasteiger partial charge is 0.138 e. The van der Waals surface area contributed by atoms with Gasteiger partial charge in [0.05, 0.1) is 5.02 Å². The third-order valence-electron chi connectivity index (χ3n) is 3.04. The Morgan fingerprint density at radius 2 is 1.89 bits per heavy atom. The van der Waals surface area contributed by atoms with Crippen molar-refractivity contribution < 1.29 is 9.50 Å². The molecule has 0 amide bonds. The highest BCUT2D eigenvalue weighted by Gasteiger charge is 2.08. The van der Waals surface area contributed by atoms with E-state index in [2.05, 4.69) is 5.32 Å². The molecular formula is C15H15ClFNO. The van der Waals surface area contributed by atoms with Crippen molar-refractivity contribution in [3.05, 3.63) is 64.4 Å². The molecular weight excluding hydrogens is 265 g/mol. The molecule has 0 radical (unpaired) electrons. The maximum Gasteiger partial charge on any atom is 0.138 e. The Kier molecular flexibility index (Phi) is 4.40. The second kappa shape index (κ2) is 6.04. The third kappa shape index (κ3) is 3.46. The fraction of sp³-hybridized carbons (Fsp3) is 0.200. The number of phenolic OH excluding ortho intramolecular Hbond substituents is 1. The summed E-state index contributed by atoms with van der Waals surface area (Å²) in [6.07, 6.45) is 0. The van der Waals surface area contributed by atoms with Crippen LogP contribution < -0.4 is 5.32 Å². The summed E-state index contributed by atoms with van der Waals surface area (Å²) in [5, 5.41) is 13.4. The summed E-state index contributed by atoms with van der Waals surface area (Å²) < 4.78 is 12.8. The molecule has 0 aliphatic heterocycles. The monoisotopic (exact) mass is 279 g/mol. The minimum atomic E-state index is -0.247. The van der Waals surface area contributed by atoms with Crippen LogP contribution in [-0.2, 0) is 6.54 Å². The van der Waals surface area contributed by atoms with Crippen LogP contribution in [-0.4, -0.2) is 5.11 Å². The van der Waals surface area contributed by atoms with Gasteiger partial charge in [-0.3, -0.25) is 0 Å². The van der Waals surface area contributed by atoms with Crippen molar-refractivity contribution in [1.29, 1.82) is 0 Å². The summed E-state index contributed by atoms with van der Waals surface area (Å²) in [4.78, 5) is 0. The number of phenols is 1. The van der Waals surface area contributed by atoms with Crippen LogP contribution in [0, 0.1) is 5.82 Å². The lowest BCUT2D eigenvalue weighted by molar-refractivity contribution is 0.460. The first-order valence-electron chi connectivity index (χ1n) is 6.03. The minimum Gasteiger partial charge on any atom is -0.506 e. The van der Waals surface area contributed by atoms with Crippen LogP contribution in [0.25, 0.3) is 0 Å². The summed E-state index contributed by atoms with van der Waals surface area (Å²) in [7, 11) is 0. The molecule has 2 rings (SSSR count). The maximum atomic E-state index is 12.8. The Hall–Kier alpha value is -1.58. The van der Waals surface area contributed by atoms with Gasteiger partial charge in [0.25, 0.3) is 0 Å². The van der Waals surface area contributed by atoms with Crippen LogP contribution in [0.4, 0.5) is 4.39 Å². The van der Waals surface area contributed by atoms with Gasteiger partial charge in [-0.05, 0) is 30.7 Å². The predicted molar refractivity (Wildman–Crippen MR) is 74.8 cm³/mol. The van der Waals surface area contributed by atoms with Crippen LogP contribution in [0.1, 0.15) is 24.1 Å². The number of hydrogen-bond donors (Lipinski definition) is 2. The van der Waals surface area contributed by atoms with Gasteiger partial charge < -0.3 is 10.4 Å². The van der Waals surface area contributed by atoms with Gasteiger partial charge in [-0.15, -0.1) is 0 Å². The van der Waals surface area contributed by atoms with Crippen molar-refractivity contribution >= 4 is 11.6 Å². The average molecular weight is 280 g/mol. The Labute approximate surface area is 116 Å². The molecule has 0 heterocycles. The van der Waals surface area contributed by atoms with Gasteiger partial charge in [-0.1, -0.05) is 35.9 Å². The van der Waals surface area contributed by atoms with Gasteiger partial charge >= 0.3 is 0 Å². The van der Waals surface area contributed by atoms with Gasteiger partial charge in [-0.25, -0.2) is 4.39 Å². The molecule has 0 aliphatic carbocycles. The summed E-state index contributed by atoms with van der Waals surface area (Å²) in [5.41, 5.74) is 1.73. The van der Waals surface area contributed by atoms with Crippen molar-refractivity contribution in [3.63, 3.8) is 0 Å². The largest absolute Gasteiger partial charge is 0.506 e.